The lowest BCUT2D eigenvalue weighted by atomic mass is 9.97. The van der Waals surface area contributed by atoms with Crippen LogP contribution in [0, 0.1) is 0 Å². The van der Waals surface area contributed by atoms with Crippen LogP contribution in [0.25, 0.3) is 10.2 Å². The predicted molar refractivity (Wildman–Crippen MR) is 96.3 cm³/mol. The van der Waals surface area contributed by atoms with E-state index in [9.17, 15) is 9.59 Å². The first-order valence-corrected chi connectivity index (χ1v) is 9.12. The highest BCUT2D eigenvalue weighted by molar-refractivity contribution is 7.18. The smallest absolute Gasteiger partial charge is 0.262 e. The number of nitrogens with zero attached hydrogens (tertiary/aromatic N) is 2. The third-order valence-corrected chi connectivity index (χ3v) is 5.96. The Bertz CT molecular complexity index is 1010. The van der Waals surface area contributed by atoms with Crippen LogP contribution in [0.5, 0.6) is 0 Å². The standard InChI is InChI=1S/C18H15ClN2O2S/c19-13-7-3-1-5-11(13)14(22)9-21-10-20-17-16(18(21)23)12-6-2-4-8-15(12)24-17/h1,3,5,7,10H,2,4,6,8-9H2. The molecule has 0 radical (unpaired) electrons. The molecule has 1 aliphatic rings. The van der Waals surface area contributed by atoms with Gasteiger partial charge in [0, 0.05) is 10.4 Å². The summed E-state index contributed by atoms with van der Waals surface area (Å²) in [6.45, 7) is -0.0455. The summed E-state index contributed by atoms with van der Waals surface area (Å²) in [6.07, 6.45) is 5.69. The molecule has 0 fully saturated rings. The summed E-state index contributed by atoms with van der Waals surface area (Å²) in [5.41, 5.74) is 1.44. The van der Waals surface area contributed by atoms with Crippen molar-refractivity contribution in [2.75, 3.05) is 0 Å². The maximum Gasteiger partial charge on any atom is 0.262 e. The minimum atomic E-state index is -0.187. The number of thiophene rings is 1. The summed E-state index contributed by atoms with van der Waals surface area (Å²) in [7, 11) is 0. The molecular weight excluding hydrogens is 344 g/mol. The van der Waals surface area contributed by atoms with Crippen molar-refractivity contribution in [3.63, 3.8) is 0 Å². The van der Waals surface area contributed by atoms with Crippen molar-refractivity contribution in [2.24, 2.45) is 0 Å². The van der Waals surface area contributed by atoms with E-state index in [4.69, 9.17) is 11.6 Å². The number of benzene rings is 1. The lowest BCUT2D eigenvalue weighted by Gasteiger charge is -2.10. The summed E-state index contributed by atoms with van der Waals surface area (Å²) in [4.78, 5) is 31.8. The normalized spacial score (nSPS) is 13.9. The number of carbonyl (C=O) groups is 1. The minimum absolute atomic E-state index is 0.0455. The molecule has 0 spiro atoms. The quantitative estimate of drug-likeness (QED) is 0.668. The zero-order valence-electron chi connectivity index (χ0n) is 12.9. The molecule has 3 aromatic rings. The fraction of sp³-hybridized carbons (Fsp3) is 0.278. The van der Waals surface area contributed by atoms with Crippen LogP contribution in [-0.2, 0) is 19.4 Å². The fourth-order valence-corrected chi connectivity index (χ4v) is 4.68. The summed E-state index contributed by atoms with van der Waals surface area (Å²) in [5.74, 6) is -0.187. The summed E-state index contributed by atoms with van der Waals surface area (Å²) < 4.78 is 1.40. The van der Waals surface area contributed by atoms with Gasteiger partial charge in [-0.05, 0) is 43.4 Å². The molecule has 122 valence electrons. The Morgan fingerprint density at radius 2 is 2.04 bits per heavy atom. The van der Waals surface area contributed by atoms with Gasteiger partial charge in [0.2, 0.25) is 0 Å². The number of aryl methyl sites for hydroxylation is 2. The fourth-order valence-electron chi connectivity index (χ4n) is 3.22. The summed E-state index contributed by atoms with van der Waals surface area (Å²) >= 11 is 7.69. The molecule has 2 heterocycles. The van der Waals surface area contributed by atoms with E-state index in [-0.39, 0.29) is 17.9 Å². The zero-order valence-corrected chi connectivity index (χ0v) is 14.5. The second-order valence-electron chi connectivity index (χ2n) is 5.97. The number of aromatic nitrogens is 2. The molecule has 24 heavy (non-hydrogen) atoms. The molecule has 1 aromatic carbocycles. The Labute approximate surface area is 147 Å². The summed E-state index contributed by atoms with van der Waals surface area (Å²) in [5, 5.41) is 1.10. The molecule has 4 rings (SSSR count). The topological polar surface area (TPSA) is 52.0 Å². The van der Waals surface area contributed by atoms with Gasteiger partial charge in [0.25, 0.3) is 5.56 Å². The van der Waals surface area contributed by atoms with Crippen LogP contribution in [0.1, 0.15) is 33.6 Å². The first-order valence-electron chi connectivity index (χ1n) is 7.92. The van der Waals surface area contributed by atoms with Crippen LogP contribution in [0.15, 0.2) is 35.4 Å². The highest BCUT2D eigenvalue weighted by atomic mass is 35.5. The molecule has 6 heteroatoms. The van der Waals surface area contributed by atoms with Crippen LogP contribution < -0.4 is 5.56 Å². The van der Waals surface area contributed by atoms with Crippen molar-refractivity contribution in [1.82, 2.24) is 9.55 Å². The van der Waals surface area contributed by atoms with Gasteiger partial charge in [0.1, 0.15) is 4.83 Å². The lowest BCUT2D eigenvalue weighted by molar-refractivity contribution is 0.0971. The number of hydrogen-bond donors (Lipinski definition) is 0. The van der Waals surface area contributed by atoms with E-state index >= 15 is 0 Å². The number of ketones is 1. The summed E-state index contributed by atoms with van der Waals surface area (Å²) in [6, 6.07) is 6.89. The molecule has 0 atom stereocenters. The molecule has 0 saturated carbocycles. The lowest BCUT2D eigenvalue weighted by Crippen LogP contribution is -2.25. The van der Waals surface area contributed by atoms with Crippen molar-refractivity contribution in [2.45, 2.75) is 32.2 Å². The van der Waals surface area contributed by atoms with E-state index in [2.05, 4.69) is 4.98 Å². The molecule has 1 aliphatic carbocycles. The Kier molecular flexibility index (Phi) is 3.98. The van der Waals surface area contributed by atoms with E-state index in [1.807, 2.05) is 0 Å². The number of Topliss-reactive ketones (excluding diaryl/α,β-unsaturated/α-hetero) is 1. The second kappa shape index (κ2) is 6.15. The number of rotatable bonds is 3. The van der Waals surface area contributed by atoms with Crippen LogP contribution in [0.4, 0.5) is 0 Å². The van der Waals surface area contributed by atoms with Gasteiger partial charge >= 0.3 is 0 Å². The SMILES string of the molecule is O=C(Cn1cnc2sc3c(c2c1=O)CCCC3)c1ccccc1Cl. The molecule has 4 nitrogen and oxygen atoms in total. The van der Waals surface area contributed by atoms with Crippen molar-refractivity contribution in [3.8, 4) is 0 Å². The van der Waals surface area contributed by atoms with Crippen molar-refractivity contribution >= 4 is 38.9 Å². The Morgan fingerprint density at radius 1 is 1.25 bits per heavy atom. The number of fused-ring (bicyclic) bond motifs is 3. The van der Waals surface area contributed by atoms with Gasteiger partial charge in [-0.3, -0.25) is 14.2 Å². The molecule has 2 aromatic heterocycles. The first kappa shape index (κ1) is 15.5. The van der Waals surface area contributed by atoms with E-state index in [0.717, 1.165) is 29.7 Å². The second-order valence-corrected chi connectivity index (χ2v) is 7.46. The van der Waals surface area contributed by atoms with E-state index < -0.39 is 0 Å². The maximum atomic E-state index is 12.9. The van der Waals surface area contributed by atoms with Gasteiger partial charge in [-0.25, -0.2) is 4.98 Å². The molecular formula is C18H15ClN2O2S. The van der Waals surface area contributed by atoms with Gasteiger partial charge in [-0.15, -0.1) is 11.3 Å². The highest BCUT2D eigenvalue weighted by Gasteiger charge is 2.21. The number of carbonyl (C=O) groups excluding carboxylic acids is 1. The van der Waals surface area contributed by atoms with Crippen molar-refractivity contribution < 1.29 is 4.79 Å². The molecule has 0 bridgehead atoms. The van der Waals surface area contributed by atoms with E-state index in [0.29, 0.717) is 16.0 Å². The molecule has 0 amide bonds. The molecule has 0 aliphatic heterocycles. The molecule has 0 unspecified atom stereocenters. The first-order chi connectivity index (χ1) is 11.6. The number of hydrogen-bond acceptors (Lipinski definition) is 4. The largest absolute Gasteiger partial charge is 0.292 e. The van der Waals surface area contributed by atoms with Gasteiger partial charge in [-0.1, -0.05) is 23.7 Å². The van der Waals surface area contributed by atoms with Crippen molar-refractivity contribution in [3.05, 3.63) is 62.0 Å². The zero-order chi connectivity index (χ0) is 16.7. The van der Waals surface area contributed by atoms with E-state index in [1.54, 1.807) is 35.6 Å². The van der Waals surface area contributed by atoms with Gasteiger partial charge < -0.3 is 0 Å². The average molecular weight is 359 g/mol. The monoisotopic (exact) mass is 358 g/mol. The van der Waals surface area contributed by atoms with Gasteiger partial charge in [-0.2, -0.15) is 0 Å². The predicted octanol–water partition coefficient (Wildman–Crippen LogP) is 3.87. The third kappa shape index (κ3) is 2.58. The van der Waals surface area contributed by atoms with Crippen molar-refractivity contribution in [1.29, 1.82) is 0 Å². The average Bonchev–Trinajstić information content (AvgIpc) is 2.97. The Hall–Kier alpha value is -1.98. The van der Waals surface area contributed by atoms with Gasteiger partial charge in [0.05, 0.1) is 23.3 Å². The van der Waals surface area contributed by atoms with Crippen LogP contribution >= 0.6 is 22.9 Å². The van der Waals surface area contributed by atoms with Gasteiger partial charge in [0.15, 0.2) is 5.78 Å². The molecule has 0 saturated heterocycles. The van der Waals surface area contributed by atoms with E-state index in [1.165, 1.54) is 22.2 Å². The highest BCUT2D eigenvalue weighted by Crippen LogP contribution is 2.33. The Balaban J connectivity index is 1.75. The maximum absolute atomic E-state index is 12.9. The van der Waals surface area contributed by atoms with Crippen LogP contribution in [-0.4, -0.2) is 15.3 Å². The van der Waals surface area contributed by atoms with Crippen LogP contribution in [0.2, 0.25) is 5.02 Å². The minimum Gasteiger partial charge on any atom is -0.292 e. The third-order valence-electron chi connectivity index (χ3n) is 4.43. The molecule has 0 N–H and O–H groups in total. The Morgan fingerprint density at radius 3 is 2.88 bits per heavy atom. The number of halogens is 1. The van der Waals surface area contributed by atoms with Crippen LogP contribution in [0.3, 0.4) is 0 Å².